The third kappa shape index (κ3) is 2.36. The minimum atomic E-state index is 0.834. The van der Waals surface area contributed by atoms with Crippen LogP contribution in [0.4, 0.5) is 0 Å². The maximum atomic E-state index is 3.57. The summed E-state index contributed by atoms with van der Waals surface area (Å²) < 4.78 is 0. The molecule has 0 radical (unpaired) electrons. The normalized spacial score (nSPS) is 38.4. The van der Waals surface area contributed by atoms with Gasteiger partial charge in [0.2, 0.25) is 0 Å². The van der Waals surface area contributed by atoms with Crippen molar-refractivity contribution in [3.63, 3.8) is 0 Å². The van der Waals surface area contributed by atoms with Crippen molar-refractivity contribution in [2.24, 2.45) is 5.92 Å². The van der Waals surface area contributed by atoms with Crippen LogP contribution in [0.15, 0.2) is 0 Å². The molecule has 2 heteroatoms. The van der Waals surface area contributed by atoms with E-state index in [1.54, 1.807) is 0 Å². The molecule has 88 valence electrons. The molecule has 3 unspecified atom stereocenters. The van der Waals surface area contributed by atoms with Crippen molar-refractivity contribution in [2.75, 3.05) is 19.6 Å². The average molecular weight is 210 g/mol. The van der Waals surface area contributed by atoms with Crippen LogP contribution in [0.5, 0.6) is 0 Å². The second kappa shape index (κ2) is 5.31. The first-order valence-corrected chi connectivity index (χ1v) is 6.83. The van der Waals surface area contributed by atoms with Gasteiger partial charge >= 0.3 is 0 Å². The van der Waals surface area contributed by atoms with E-state index in [9.17, 15) is 0 Å². The molecule has 2 aliphatic heterocycles. The van der Waals surface area contributed by atoms with Gasteiger partial charge in [-0.25, -0.2) is 0 Å². The van der Waals surface area contributed by atoms with Gasteiger partial charge in [0.1, 0.15) is 0 Å². The highest BCUT2D eigenvalue weighted by Gasteiger charge is 2.34. The van der Waals surface area contributed by atoms with Crippen molar-refractivity contribution in [1.29, 1.82) is 0 Å². The van der Waals surface area contributed by atoms with Crippen LogP contribution >= 0.6 is 0 Å². The molecule has 2 fully saturated rings. The van der Waals surface area contributed by atoms with Gasteiger partial charge in [0.25, 0.3) is 0 Å². The fraction of sp³-hybridized carbons (Fsp3) is 1.00. The number of piperidine rings is 1. The summed E-state index contributed by atoms with van der Waals surface area (Å²) in [5.74, 6) is 0.900. The summed E-state index contributed by atoms with van der Waals surface area (Å²) in [7, 11) is 0. The molecule has 2 nitrogen and oxygen atoms in total. The van der Waals surface area contributed by atoms with Crippen LogP contribution in [0.25, 0.3) is 0 Å². The summed E-state index contributed by atoms with van der Waals surface area (Å²) in [4.78, 5) is 2.82. The molecule has 0 spiro atoms. The third-order valence-electron chi connectivity index (χ3n) is 4.40. The Morgan fingerprint density at radius 2 is 2.00 bits per heavy atom. The summed E-state index contributed by atoms with van der Waals surface area (Å²) in [5.41, 5.74) is 0. The lowest BCUT2D eigenvalue weighted by Gasteiger charge is -2.41. The molecule has 1 N–H and O–H groups in total. The Balaban J connectivity index is 1.99. The molecule has 0 saturated carbocycles. The molecule has 2 saturated heterocycles. The molecular weight excluding hydrogens is 184 g/mol. The maximum Gasteiger partial charge on any atom is 0.0263 e. The van der Waals surface area contributed by atoms with E-state index in [1.165, 1.54) is 51.7 Å². The quantitative estimate of drug-likeness (QED) is 0.768. The number of hydrogen-bond donors (Lipinski definition) is 1. The minimum absolute atomic E-state index is 0.834. The van der Waals surface area contributed by atoms with E-state index >= 15 is 0 Å². The summed E-state index contributed by atoms with van der Waals surface area (Å²) >= 11 is 0. The predicted molar refractivity (Wildman–Crippen MR) is 65.1 cm³/mol. The molecule has 15 heavy (non-hydrogen) atoms. The van der Waals surface area contributed by atoms with Crippen molar-refractivity contribution in [1.82, 2.24) is 10.2 Å². The smallest absolute Gasteiger partial charge is 0.0263 e. The van der Waals surface area contributed by atoms with E-state index in [4.69, 9.17) is 0 Å². The number of nitrogens with one attached hydrogen (secondary N) is 1. The molecule has 2 aliphatic rings. The highest BCUT2D eigenvalue weighted by molar-refractivity contribution is 4.92. The molecule has 0 aromatic carbocycles. The fourth-order valence-electron chi connectivity index (χ4n) is 3.42. The van der Waals surface area contributed by atoms with Gasteiger partial charge in [0.05, 0.1) is 0 Å². The zero-order valence-corrected chi connectivity index (χ0v) is 10.3. The van der Waals surface area contributed by atoms with Crippen LogP contribution in [-0.2, 0) is 0 Å². The van der Waals surface area contributed by atoms with Crippen molar-refractivity contribution in [2.45, 2.75) is 58.0 Å². The Bertz CT molecular complexity index is 193. The Kier molecular flexibility index (Phi) is 4.04. The molecule has 0 amide bonds. The second-order valence-corrected chi connectivity index (χ2v) is 5.19. The first-order chi connectivity index (χ1) is 7.36. The third-order valence-corrected chi connectivity index (χ3v) is 4.40. The van der Waals surface area contributed by atoms with Gasteiger partial charge in [-0.1, -0.05) is 26.7 Å². The second-order valence-electron chi connectivity index (χ2n) is 5.19. The van der Waals surface area contributed by atoms with Crippen LogP contribution in [0.3, 0.4) is 0 Å². The van der Waals surface area contributed by atoms with Crippen molar-refractivity contribution in [3.05, 3.63) is 0 Å². The lowest BCUT2D eigenvalue weighted by atomic mass is 9.92. The molecule has 0 aliphatic carbocycles. The first-order valence-electron chi connectivity index (χ1n) is 6.83. The Morgan fingerprint density at radius 1 is 1.13 bits per heavy atom. The summed E-state index contributed by atoms with van der Waals surface area (Å²) in [6, 6.07) is 1.71. The summed E-state index contributed by atoms with van der Waals surface area (Å²) in [6.45, 7) is 8.52. The van der Waals surface area contributed by atoms with Gasteiger partial charge < -0.3 is 5.32 Å². The van der Waals surface area contributed by atoms with Crippen molar-refractivity contribution in [3.8, 4) is 0 Å². The predicted octanol–water partition coefficient (Wildman–Crippen LogP) is 2.25. The topological polar surface area (TPSA) is 15.3 Å². The van der Waals surface area contributed by atoms with Crippen molar-refractivity contribution >= 4 is 0 Å². The van der Waals surface area contributed by atoms with Gasteiger partial charge in [-0.05, 0) is 38.3 Å². The Labute approximate surface area is 94.4 Å². The fourth-order valence-corrected chi connectivity index (χ4v) is 3.42. The highest BCUT2D eigenvalue weighted by atomic mass is 15.2. The van der Waals surface area contributed by atoms with Crippen LogP contribution in [0, 0.1) is 5.92 Å². The maximum absolute atomic E-state index is 3.57. The van der Waals surface area contributed by atoms with Crippen LogP contribution < -0.4 is 5.32 Å². The Morgan fingerprint density at radius 3 is 2.73 bits per heavy atom. The van der Waals surface area contributed by atoms with Gasteiger partial charge in [-0.2, -0.15) is 0 Å². The summed E-state index contributed by atoms with van der Waals surface area (Å²) in [5, 5.41) is 3.57. The van der Waals surface area contributed by atoms with Gasteiger partial charge in [0, 0.05) is 18.6 Å². The molecular formula is C13H26N2. The number of rotatable bonds is 3. The molecule has 3 atom stereocenters. The summed E-state index contributed by atoms with van der Waals surface area (Å²) in [6.07, 6.45) is 6.98. The van der Waals surface area contributed by atoms with E-state index in [1.807, 2.05) is 0 Å². The largest absolute Gasteiger partial charge is 0.315 e. The van der Waals surface area contributed by atoms with Crippen molar-refractivity contribution < 1.29 is 0 Å². The lowest BCUT2D eigenvalue weighted by molar-refractivity contribution is 0.0776. The van der Waals surface area contributed by atoms with Gasteiger partial charge in [-0.15, -0.1) is 0 Å². The molecule has 0 aromatic rings. The van der Waals surface area contributed by atoms with Gasteiger partial charge in [0.15, 0.2) is 0 Å². The molecule has 0 aromatic heterocycles. The van der Waals surface area contributed by atoms with Gasteiger partial charge in [-0.3, -0.25) is 4.90 Å². The van der Waals surface area contributed by atoms with Crippen LogP contribution in [0.2, 0.25) is 0 Å². The first kappa shape index (κ1) is 11.4. The van der Waals surface area contributed by atoms with E-state index in [2.05, 4.69) is 24.1 Å². The SMILES string of the molecule is CCC1CNCC1N1CCCCC1CC. The Hall–Kier alpha value is -0.0800. The lowest BCUT2D eigenvalue weighted by Crippen LogP contribution is -2.49. The monoisotopic (exact) mass is 210 g/mol. The highest BCUT2D eigenvalue weighted by Crippen LogP contribution is 2.27. The minimum Gasteiger partial charge on any atom is -0.315 e. The average Bonchev–Trinajstić information content (AvgIpc) is 2.76. The molecule has 2 rings (SSSR count). The number of likely N-dealkylation sites (tertiary alicyclic amines) is 1. The van der Waals surface area contributed by atoms with Crippen LogP contribution in [0.1, 0.15) is 46.0 Å². The van der Waals surface area contributed by atoms with E-state index < -0.39 is 0 Å². The zero-order valence-electron chi connectivity index (χ0n) is 10.3. The number of nitrogens with zero attached hydrogens (tertiary/aromatic N) is 1. The molecule has 0 bridgehead atoms. The standard InChI is InChI=1S/C13H26N2/c1-3-11-9-14-10-13(11)15-8-6-5-7-12(15)4-2/h11-14H,3-10H2,1-2H3. The molecule has 2 heterocycles. The zero-order chi connectivity index (χ0) is 10.7. The number of hydrogen-bond acceptors (Lipinski definition) is 2. The van der Waals surface area contributed by atoms with Crippen LogP contribution in [-0.4, -0.2) is 36.6 Å². The van der Waals surface area contributed by atoms with E-state index in [0.29, 0.717) is 0 Å². The van der Waals surface area contributed by atoms with E-state index in [-0.39, 0.29) is 0 Å². The van der Waals surface area contributed by atoms with E-state index in [0.717, 1.165) is 18.0 Å².